The molecule has 28 heavy (non-hydrogen) atoms. The summed E-state index contributed by atoms with van der Waals surface area (Å²) in [4.78, 5) is 8.04. The van der Waals surface area contributed by atoms with Crippen LogP contribution in [-0.2, 0) is 5.60 Å². The van der Waals surface area contributed by atoms with Crippen LogP contribution in [0.3, 0.4) is 0 Å². The van der Waals surface area contributed by atoms with Crippen LogP contribution in [-0.4, -0.2) is 72.9 Å². The van der Waals surface area contributed by atoms with Gasteiger partial charge in [0, 0.05) is 26.2 Å². The Balaban J connectivity index is 1.97. The summed E-state index contributed by atoms with van der Waals surface area (Å²) < 4.78 is 43.3. The number of nitrogens with one attached hydrogen (secondary N) is 1. The Morgan fingerprint density at radius 3 is 2.75 bits per heavy atom. The molecule has 1 fully saturated rings. The molecule has 0 aliphatic carbocycles. The minimum atomic E-state index is -4.18. The fourth-order valence-corrected chi connectivity index (χ4v) is 3.42. The minimum absolute atomic E-state index is 0.124. The SMILES string of the molecule is CCNC(=NCC(C)(O)c1ccco1)N1CCC(CN(CC)CC(F)(F)F)C1. The Labute approximate surface area is 164 Å². The van der Waals surface area contributed by atoms with Crippen LogP contribution in [0.2, 0.25) is 0 Å². The molecular formula is C19H31F3N4O2. The minimum Gasteiger partial charge on any atom is -0.466 e. The third-order valence-electron chi connectivity index (χ3n) is 4.88. The molecule has 2 atom stereocenters. The van der Waals surface area contributed by atoms with Crippen molar-refractivity contribution in [3.05, 3.63) is 24.2 Å². The van der Waals surface area contributed by atoms with Crippen molar-refractivity contribution in [1.29, 1.82) is 0 Å². The maximum atomic E-state index is 12.7. The van der Waals surface area contributed by atoms with Crippen LogP contribution in [0.5, 0.6) is 0 Å². The molecule has 1 aromatic heterocycles. The van der Waals surface area contributed by atoms with Crippen LogP contribution < -0.4 is 5.32 Å². The Bertz CT molecular complexity index is 617. The van der Waals surface area contributed by atoms with Gasteiger partial charge in [-0.05, 0) is 44.9 Å². The first-order valence-electron chi connectivity index (χ1n) is 9.73. The van der Waals surface area contributed by atoms with Crippen molar-refractivity contribution in [3.63, 3.8) is 0 Å². The normalized spacial score (nSPS) is 20.6. The number of hydrogen-bond acceptors (Lipinski definition) is 4. The van der Waals surface area contributed by atoms with E-state index in [9.17, 15) is 18.3 Å². The summed E-state index contributed by atoms with van der Waals surface area (Å²) in [5, 5.41) is 13.8. The van der Waals surface area contributed by atoms with E-state index in [1.165, 1.54) is 11.2 Å². The third kappa shape index (κ3) is 6.70. The highest BCUT2D eigenvalue weighted by Gasteiger charge is 2.33. The van der Waals surface area contributed by atoms with Crippen molar-refractivity contribution >= 4 is 5.96 Å². The number of nitrogens with zero attached hydrogens (tertiary/aromatic N) is 3. The van der Waals surface area contributed by atoms with Crippen LogP contribution >= 0.6 is 0 Å². The zero-order valence-electron chi connectivity index (χ0n) is 16.8. The van der Waals surface area contributed by atoms with Gasteiger partial charge < -0.3 is 19.7 Å². The van der Waals surface area contributed by atoms with Crippen molar-refractivity contribution in [2.75, 3.05) is 45.8 Å². The summed E-state index contributed by atoms with van der Waals surface area (Å²) in [6.07, 6.45) is -1.86. The molecule has 160 valence electrons. The van der Waals surface area contributed by atoms with Gasteiger partial charge >= 0.3 is 6.18 Å². The van der Waals surface area contributed by atoms with Gasteiger partial charge in [0.1, 0.15) is 11.4 Å². The molecule has 2 N–H and O–H groups in total. The van der Waals surface area contributed by atoms with Crippen molar-refractivity contribution < 1.29 is 22.7 Å². The first-order chi connectivity index (χ1) is 13.1. The predicted molar refractivity (Wildman–Crippen MR) is 102 cm³/mol. The molecule has 6 nitrogen and oxygen atoms in total. The highest BCUT2D eigenvalue weighted by atomic mass is 19.4. The van der Waals surface area contributed by atoms with Crippen molar-refractivity contribution in [2.24, 2.45) is 10.9 Å². The topological polar surface area (TPSA) is 64.2 Å². The fourth-order valence-electron chi connectivity index (χ4n) is 3.42. The molecule has 0 saturated carbocycles. The van der Waals surface area contributed by atoms with E-state index in [0.29, 0.717) is 37.9 Å². The molecule has 2 unspecified atom stereocenters. The van der Waals surface area contributed by atoms with E-state index in [1.54, 1.807) is 26.0 Å². The Morgan fingerprint density at radius 2 is 2.18 bits per heavy atom. The standard InChI is InChI=1S/C19H31F3N4O2/c1-4-23-17(24-13-18(3,27)16-7-6-10-28-16)26-9-8-15(12-26)11-25(5-2)14-19(20,21)22/h6-7,10,15,27H,4-5,8-9,11-14H2,1-3H3,(H,23,24). The molecule has 1 aliphatic heterocycles. The van der Waals surface area contributed by atoms with Gasteiger partial charge in [-0.15, -0.1) is 0 Å². The molecule has 0 spiro atoms. The predicted octanol–water partition coefficient (Wildman–Crippen LogP) is 2.66. The molecule has 9 heteroatoms. The van der Waals surface area contributed by atoms with Crippen LogP contribution in [0, 0.1) is 5.92 Å². The lowest BCUT2D eigenvalue weighted by molar-refractivity contribution is -0.146. The van der Waals surface area contributed by atoms with E-state index in [2.05, 4.69) is 10.3 Å². The van der Waals surface area contributed by atoms with Gasteiger partial charge in [-0.25, -0.2) is 4.99 Å². The monoisotopic (exact) mass is 404 g/mol. The quantitative estimate of drug-likeness (QED) is 0.515. The summed E-state index contributed by atoms with van der Waals surface area (Å²) in [5.41, 5.74) is -1.23. The van der Waals surface area contributed by atoms with Gasteiger partial charge in [0.15, 0.2) is 5.96 Å². The first kappa shape index (κ1) is 22.5. The number of halogens is 3. The number of rotatable bonds is 8. The van der Waals surface area contributed by atoms with Crippen LogP contribution in [0.15, 0.2) is 27.8 Å². The zero-order chi connectivity index (χ0) is 20.8. The summed E-state index contributed by atoms with van der Waals surface area (Å²) in [5.74, 6) is 1.25. The fraction of sp³-hybridized carbons (Fsp3) is 0.737. The lowest BCUT2D eigenvalue weighted by Crippen LogP contribution is -2.42. The van der Waals surface area contributed by atoms with Gasteiger partial charge in [-0.1, -0.05) is 6.92 Å². The van der Waals surface area contributed by atoms with Gasteiger partial charge in [-0.2, -0.15) is 13.2 Å². The molecule has 1 aromatic rings. The van der Waals surface area contributed by atoms with Crippen LogP contribution in [0.25, 0.3) is 0 Å². The Kier molecular flexibility index (Phi) is 7.77. The van der Waals surface area contributed by atoms with E-state index >= 15 is 0 Å². The van der Waals surface area contributed by atoms with Gasteiger partial charge in [0.05, 0.1) is 19.4 Å². The van der Waals surface area contributed by atoms with E-state index in [1.807, 2.05) is 11.8 Å². The van der Waals surface area contributed by atoms with Crippen LogP contribution in [0.1, 0.15) is 33.0 Å². The van der Waals surface area contributed by atoms with Crippen molar-refractivity contribution in [2.45, 2.75) is 39.0 Å². The number of aliphatic hydroxyl groups is 1. The number of likely N-dealkylation sites (tertiary alicyclic amines) is 1. The molecule has 0 aromatic carbocycles. The maximum absolute atomic E-state index is 12.7. The lowest BCUT2D eigenvalue weighted by atomic mass is 10.0. The van der Waals surface area contributed by atoms with Gasteiger partial charge in [0.25, 0.3) is 0 Å². The van der Waals surface area contributed by atoms with Crippen molar-refractivity contribution in [3.8, 4) is 0 Å². The number of guanidine groups is 1. The lowest BCUT2D eigenvalue weighted by Gasteiger charge is -2.26. The average molecular weight is 404 g/mol. The van der Waals surface area contributed by atoms with Crippen molar-refractivity contribution in [1.82, 2.24) is 15.1 Å². The smallest absolute Gasteiger partial charge is 0.401 e. The number of alkyl halides is 3. The Hall–Kier alpha value is -1.74. The molecular weight excluding hydrogens is 373 g/mol. The average Bonchev–Trinajstić information content (AvgIpc) is 3.29. The molecule has 2 heterocycles. The summed E-state index contributed by atoms with van der Waals surface area (Å²) >= 11 is 0. The van der Waals surface area contributed by atoms with E-state index in [-0.39, 0.29) is 12.5 Å². The largest absolute Gasteiger partial charge is 0.466 e. The number of furan rings is 1. The highest BCUT2D eigenvalue weighted by Crippen LogP contribution is 2.23. The highest BCUT2D eigenvalue weighted by molar-refractivity contribution is 5.80. The first-order valence-corrected chi connectivity index (χ1v) is 9.73. The molecule has 1 aliphatic rings. The van der Waals surface area contributed by atoms with E-state index < -0.39 is 18.3 Å². The molecule has 1 saturated heterocycles. The molecule has 0 amide bonds. The third-order valence-corrected chi connectivity index (χ3v) is 4.88. The summed E-state index contributed by atoms with van der Waals surface area (Å²) in [6, 6.07) is 3.42. The van der Waals surface area contributed by atoms with E-state index in [0.717, 1.165) is 13.0 Å². The molecule has 2 rings (SSSR count). The molecule has 0 bridgehead atoms. The van der Waals surface area contributed by atoms with Gasteiger partial charge in [0.2, 0.25) is 0 Å². The maximum Gasteiger partial charge on any atom is 0.401 e. The van der Waals surface area contributed by atoms with Crippen LogP contribution in [0.4, 0.5) is 13.2 Å². The number of aliphatic imine (C=N–C) groups is 1. The van der Waals surface area contributed by atoms with E-state index in [4.69, 9.17) is 4.42 Å². The second-order valence-corrected chi connectivity index (χ2v) is 7.46. The summed E-state index contributed by atoms with van der Waals surface area (Å²) in [6.45, 7) is 7.41. The zero-order valence-corrected chi connectivity index (χ0v) is 16.8. The van der Waals surface area contributed by atoms with Gasteiger partial charge in [-0.3, -0.25) is 4.90 Å². The number of hydrogen-bond donors (Lipinski definition) is 2. The second kappa shape index (κ2) is 9.65. The molecule has 0 radical (unpaired) electrons. The second-order valence-electron chi connectivity index (χ2n) is 7.46. The summed E-state index contributed by atoms with van der Waals surface area (Å²) in [7, 11) is 0. The Morgan fingerprint density at radius 1 is 1.43 bits per heavy atom.